The van der Waals surface area contributed by atoms with Crippen LogP contribution in [0.1, 0.15) is 285 Å². The Labute approximate surface area is 355 Å². The van der Waals surface area contributed by atoms with Crippen molar-refractivity contribution in [2.24, 2.45) is 5.92 Å². The molecule has 0 N–H and O–H groups in total. The predicted octanol–water partition coefficient (Wildman–Crippen LogP) is 16.3. The number of carbonyl (C=O) groups excluding carboxylic acids is 3. The van der Waals surface area contributed by atoms with Crippen molar-refractivity contribution in [3.8, 4) is 0 Å². The van der Waals surface area contributed by atoms with E-state index in [0.717, 1.165) is 63.7 Å². The minimum atomic E-state index is -0.759. The average molecular weight is 807 g/mol. The molecule has 0 aliphatic heterocycles. The lowest BCUT2D eigenvalue weighted by molar-refractivity contribution is -0.167. The molecule has 0 aromatic rings. The lowest BCUT2D eigenvalue weighted by Crippen LogP contribution is -2.30. The molecule has 0 spiro atoms. The van der Waals surface area contributed by atoms with Gasteiger partial charge in [-0.1, -0.05) is 246 Å². The summed E-state index contributed by atoms with van der Waals surface area (Å²) >= 11 is 0. The van der Waals surface area contributed by atoms with Crippen LogP contribution in [0.4, 0.5) is 0 Å². The highest BCUT2D eigenvalue weighted by atomic mass is 16.6. The second-order valence-corrected chi connectivity index (χ2v) is 17.9. The van der Waals surface area contributed by atoms with Gasteiger partial charge in [-0.05, 0) is 25.2 Å². The molecule has 0 rings (SSSR count). The van der Waals surface area contributed by atoms with E-state index in [2.05, 4.69) is 27.7 Å². The van der Waals surface area contributed by atoms with Crippen molar-refractivity contribution in [3.05, 3.63) is 0 Å². The molecule has 0 radical (unpaired) electrons. The number of unbranched alkanes of at least 4 members (excludes halogenated alkanes) is 33. The summed E-state index contributed by atoms with van der Waals surface area (Å²) in [4.78, 5) is 37.8. The van der Waals surface area contributed by atoms with Gasteiger partial charge in [0.2, 0.25) is 0 Å². The monoisotopic (exact) mass is 807 g/mol. The molecule has 0 aromatic heterocycles. The highest BCUT2D eigenvalue weighted by molar-refractivity contribution is 5.71. The summed E-state index contributed by atoms with van der Waals surface area (Å²) in [7, 11) is 0. The van der Waals surface area contributed by atoms with Gasteiger partial charge in [0.15, 0.2) is 6.10 Å². The predicted molar refractivity (Wildman–Crippen MR) is 243 cm³/mol. The summed E-state index contributed by atoms with van der Waals surface area (Å²) in [6.07, 6.45) is 46.5. The van der Waals surface area contributed by atoms with Crippen molar-refractivity contribution in [2.45, 2.75) is 291 Å². The standard InChI is InChI=1S/C51H98O6/c1-5-7-9-11-13-15-17-19-24-28-32-36-40-44-51(54)57-48(45-55-49(52)42-38-34-30-26-16-14-12-10-8-6-2)46-56-50(53)43-39-35-31-27-23-21-18-20-22-25-29-33-37-41-47(3)4/h47-48H,5-46H2,1-4H3/t48-/m1/s1. The maximum atomic E-state index is 12.7. The van der Waals surface area contributed by atoms with Gasteiger partial charge in [-0.15, -0.1) is 0 Å². The molecule has 6 heteroatoms. The van der Waals surface area contributed by atoms with Crippen LogP contribution in [0.15, 0.2) is 0 Å². The summed E-state index contributed by atoms with van der Waals surface area (Å²) < 4.78 is 16.8. The van der Waals surface area contributed by atoms with Crippen LogP contribution in [0.25, 0.3) is 0 Å². The maximum Gasteiger partial charge on any atom is 0.306 e. The second kappa shape index (κ2) is 45.5. The van der Waals surface area contributed by atoms with Crippen molar-refractivity contribution in [2.75, 3.05) is 13.2 Å². The normalized spacial score (nSPS) is 11.9. The third-order valence-electron chi connectivity index (χ3n) is 11.5. The van der Waals surface area contributed by atoms with Gasteiger partial charge in [0, 0.05) is 19.3 Å². The van der Waals surface area contributed by atoms with Crippen LogP contribution in [0.3, 0.4) is 0 Å². The molecule has 0 bridgehead atoms. The summed E-state index contributed by atoms with van der Waals surface area (Å²) in [5.41, 5.74) is 0. The minimum absolute atomic E-state index is 0.0628. The first-order valence-electron chi connectivity index (χ1n) is 25.4. The summed E-state index contributed by atoms with van der Waals surface area (Å²) in [6.45, 7) is 9.02. The van der Waals surface area contributed by atoms with Gasteiger partial charge in [0.1, 0.15) is 13.2 Å². The Balaban J connectivity index is 4.28. The van der Waals surface area contributed by atoms with Crippen LogP contribution < -0.4 is 0 Å². The Morgan fingerprint density at radius 1 is 0.333 bits per heavy atom. The average Bonchev–Trinajstić information content (AvgIpc) is 3.19. The van der Waals surface area contributed by atoms with Crippen molar-refractivity contribution < 1.29 is 28.6 Å². The largest absolute Gasteiger partial charge is 0.462 e. The first kappa shape index (κ1) is 55.4. The van der Waals surface area contributed by atoms with Gasteiger partial charge < -0.3 is 14.2 Å². The number of hydrogen-bond donors (Lipinski definition) is 0. The van der Waals surface area contributed by atoms with Crippen LogP contribution in [-0.2, 0) is 28.6 Å². The Morgan fingerprint density at radius 3 is 0.860 bits per heavy atom. The molecule has 0 aliphatic rings. The van der Waals surface area contributed by atoms with Crippen LogP contribution in [-0.4, -0.2) is 37.2 Å². The number of hydrogen-bond acceptors (Lipinski definition) is 6. The zero-order valence-electron chi connectivity index (χ0n) is 38.8. The van der Waals surface area contributed by atoms with Gasteiger partial charge >= 0.3 is 17.9 Å². The first-order valence-corrected chi connectivity index (χ1v) is 25.4. The molecular weight excluding hydrogens is 709 g/mol. The lowest BCUT2D eigenvalue weighted by atomic mass is 10.0. The SMILES string of the molecule is CCCCCCCCCCCCCCCC(=O)O[C@H](COC(=O)CCCCCCCCCCCC)COC(=O)CCCCCCCCCCCCCCCC(C)C. The summed E-state index contributed by atoms with van der Waals surface area (Å²) in [6, 6.07) is 0. The number of rotatable bonds is 46. The highest BCUT2D eigenvalue weighted by Crippen LogP contribution is 2.17. The van der Waals surface area contributed by atoms with E-state index in [1.807, 2.05) is 0 Å². The van der Waals surface area contributed by atoms with Crippen molar-refractivity contribution in [1.29, 1.82) is 0 Å². The van der Waals surface area contributed by atoms with E-state index in [-0.39, 0.29) is 31.1 Å². The van der Waals surface area contributed by atoms with Crippen molar-refractivity contribution >= 4 is 17.9 Å². The Kier molecular flexibility index (Phi) is 44.2. The van der Waals surface area contributed by atoms with Crippen molar-refractivity contribution in [1.82, 2.24) is 0 Å². The van der Waals surface area contributed by atoms with E-state index in [0.29, 0.717) is 19.3 Å². The molecular formula is C51H98O6. The quantitative estimate of drug-likeness (QED) is 0.0346. The molecule has 338 valence electrons. The number of esters is 3. The third kappa shape index (κ3) is 45.3. The summed E-state index contributed by atoms with van der Waals surface area (Å²) in [5.74, 6) is -0.00692. The van der Waals surface area contributed by atoms with Gasteiger partial charge in [0.25, 0.3) is 0 Å². The van der Waals surface area contributed by atoms with E-state index < -0.39 is 6.10 Å². The fourth-order valence-electron chi connectivity index (χ4n) is 7.69. The van der Waals surface area contributed by atoms with Gasteiger partial charge in [-0.3, -0.25) is 14.4 Å². The Bertz CT molecular complexity index is 857. The van der Waals surface area contributed by atoms with Gasteiger partial charge in [-0.2, -0.15) is 0 Å². The van der Waals surface area contributed by atoms with E-state index >= 15 is 0 Å². The van der Waals surface area contributed by atoms with Gasteiger partial charge in [-0.25, -0.2) is 0 Å². The Hall–Kier alpha value is -1.59. The molecule has 1 atom stereocenters. The zero-order valence-corrected chi connectivity index (χ0v) is 38.8. The maximum absolute atomic E-state index is 12.7. The zero-order chi connectivity index (χ0) is 41.7. The Morgan fingerprint density at radius 2 is 0.579 bits per heavy atom. The van der Waals surface area contributed by atoms with E-state index in [1.54, 1.807) is 0 Å². The number of ether oxygens (including phenoxy) is 3. The molecule has 0 aliphatic carbocycles. The molecule has 0 saturated carbocycles. The van der Waals surface area contributed by atoms with Crippen LogP contribution >= 0.6 is 0 Å². The fraction of sp³-hybridized carbons (Fsp3) is 0.941. The highest BCUT2D eigenvalue weighted by Gasteiger charge is 2.19. The lowest BCUT2D eigenvalue weighted by Gasteiger charge is -2.18. The van der Waals surface area contributed by atoms with E-state index in [1.165, 1.54) is 180 Å². The van der Waals surface area contributed by atoms with E-state index in [9.17, 15) is 14.4 Å². The first-order chi connectivity index (χ1) is 27.9. The molecule has 0 heterocycles. The molecule has 57 heavy (non-hydrogen) atoms. The molecule has 0 aromatic carbocycles. The third-order valence-corrected chi connectivity index (χ3v) is 11.5. The molecule has 0 amide bonds. The molecule has 6 nitrogen and oxygen atoms in total. The van der Waals surface area contributed by atoms with E-state index in [4.69, 9.17) is 14.2 Å². The van der Waals surface area contributed by atoms with Crippen LogP contribution in [0.5, 0.6) is 0 Å². The van der Waals surface area contributed by atoms with Crippen molar-refractivity contribution in [3.63, 3.8) is 0 Å². The van der Waals surface area contributed by atoms with Gasteiger partial charge in [0.05, 0.1) is 0 Å². The fourth-order valence-corrected chi connectivity index (χ4v) is 7.69. The minimum Gasteiger partial charge on any atom is -0.462 e. The smallest absolute Gasteiger partial charge is 0.306 e. The molecule has 0 unspecified atom stereocenters. The summed E-state index contributed by atoms with van der Waals surface area (Å²) in [5, 5.41) is 0. The topological polar surface area (TPSA) is 78.9 Å². The molecule has 0 saturated heterocycles. The second-order valence-electron chi connectivity index (χ2n) is 17.9. The van der Waals surface area contributed by atoms with Crippen LogP contribution in [0, 0.1) is 5.92 Å². The van der Waals surface area contributed by atoms with Crippen LogP contribution in [0.2, 0.25) is 0 Å². The molecule has 0 fully saturated rings. The number of carbonyl (C=O) groups is 3.